The van der Waals surface area contributed by atoms with Gasteiger partial charge in [0.15, 0.2) is 0 Å². The molecule has 1 N–H and O–H groups in total. The van der Waals surface area contributed by atoms with Crippen LogP contribution in [-0.2, 0) is 6.54 Å². The van der Waals surface area contributed by atoms with Crippen molar-refractivity contribution in [2.75, 3.05) is 5.32 Å². The summed E-state index contributed by atoms with van der Waals surface area (Å²) < 4.78 is 28.4. The Morgan fingerprint density at radius 1 is 1.10 bits per heavy atom. The van der Waals surface area contributed by atoms with Crippen LogP contribution < -0.4 is 10.1 Å². The lowest BCUT2D eigenvalue weighted by Gasteiger charge is -2.11. The third-order valence-corrected chi connectivity index (χ3v) is 3.60. The van der Waals surface area contributed by atoms with Gasteiger partial charge in [0, 0.05) is 11.6 Å². The molecule has 2 nitrogen and oxygen atoms in total. The Morgan fingerprint density at radius 3 is 2.38 bits per heavy atom. The second kappa shape index (κ2) is 6.96. The normalized spacial score (nSPS) is 10.8. The Bertz CT molecular complexity index is 618. The molecule has 0 atom stereocenters. The van der Waals surface area contributed by atoms with E-state index in [0.717, 1.165) is 16.8 Å². The van der Waals surface area contributed by atoms with E-state index in [9.17, 15) is 8.78 Å². The highest BCUT2D eigenvalue weighted by molar-refractivity contribution is 6.35. The van der Waals surface area contributed by atoms with Crippen LogP contribution >= 0.6 is 23.2 Å². The highest BCUT2D eigenvalue weighted by Gasteiger charge is 2.06. The Morgan fingerprint density at radius 2 is 1.76 bits per heavy atom. The molecular formula is C15H13Cl2F2NO. The van der Waals surface area contributed by atoms with Crippen molar-refractivity contribution >= 4 is 28.9 Å². The molecule has 0 unspecified atom stereocenters. The van der Waals surface area contributed by atoms with E-state index in [1.165, 1.54) is 12.1 Å². The van der Waals surface area contributed by atoms with Gasteiger partial charge in [0.1, 0.15) is 5.75 Å². The molecule has 0 spiro atoms. The molecule has 2 aromatic carbocycles. The van der Waals surface area contributed by atoms with Crippen LogP contribution in [0.15, 0.2) is 36.4 Å². The van der Waals surface area contributed by atoms with Crippen molar-refractivity contribution in [3.8, 4) is 5.75 Å². The highest BCUT2D eigenvalue weighted by atomic mass is 35.5. The van der Waals surface area contributed by atoms with Gasteiger partial charge in [0.2, 0.25) is 0 Å². The summed E-state index contributed by atoms with van der Waals surface area (Å²) in [6.45, 7) is -0.448. The monoisotopic (exact) mass is 331 g/mol. The first-order chi connectivity index (χ1) is 9.95. The fourth-order valence-electron chi connectivity index (χ4n) is 1.77. The van der Waals surface area contributed by atoms with Gasteiger partial charge in [-0.15, -0.1) is 0 Å². The highest BCUT2D eigenvalue weighted by Crippen LogP contribution is 2.29. The molecule has 0 aromatic heterocycles. The molecule has 0 saturated heterocycles. The average Bonchev–Trinajstić information content (AvgIpc) is 2.42. The van der Waals surface area contributed by atoms with Crippen LogP contribution in [0.3, 0.4) is 0 Å². The van der Waals surface area contributed by atoms with Gasteiger partial charge >= 0.3 is 6.61 Å². The minimum Gasteiger partial charge on any atom is -0.435 e. The van der Waals surface area contributed by atoms with Crippen molar-refractivity contribution in [1.82, 2.24) is 0 Å². The molecule has 2 aromatic rings. The average molecular weight is 332 g/mol. The molecule has 0 aliphatic heterocycles. The van der Waals surface area contributed by atoms with Crippen molar-refractivity contribution in [2.24, 2.45) is 0 Å². The van der Waals surface area contributed by atoms with E-state index < -0.39 is 6.61 Å². The van der Waals surface area contributed by atoms with Crippen molar-refractivity contribution in [1.29, 1.82) is 0 Å². The van der Waals surface area contributed by atoms with Gasteiger partial charge in [-0.05, 0) is 42.3 Å². The molecule has 0 amide bonds. The van der Waals surface area contributed by atoms with Crippen LogP contribution in [0.25, 0.3) is 0 Å². The van der Waals surface area contributed by atoms with Crippen molar-refractivity contribution in [3.05, 3.63) is 57.6 Å². The van der Waals surface area contributed by atoms with E-state index >= 15 is 0 Å². The Labute approximate surface area is 131 Å². The van der Waals surface area contributed by atoms with E-state index in [1.807, 2.05) is 6.92 Å². The molecule has 2 rings (SSSR count). The lowest BCUT2D eigenvalue weighted by Crippen LogP contribution is -2.03. The van der Waals surface area contributed by atoms with Crippen LogP contribution in [-0.4, -0.2) is 6.61 Å². The van der Waals surface area contributed by atoms with E-state index in [1.54, 1.807) is 24.3 Å². The number of hydrogen-bond acceptors (Lipinski definition) is 2. The second-order valence-electron chi connectivity index (χ2n) is 4.46. The molecule has 0 saturated carbocycles. The zero-order chi connectivity index (χ0) is 15.4. The number of alkyl halides is 2. The number of aryl methyl sites for hydroxylation is 1. The maximum Gasteiger partial charge on any atom is 0.387 e. The van der Waals surface area contributed by atoms with Crippen molar-refractivity contribution in [2.45, 2.75) is 20.1 Å². The maximum atomic E-state index is 12.0. The van der Waals surface area contributed by atoms with E-state index in [-0.39, 0.29) is 5.75 Å². The Hall–Kier alpha value is -1.52. The van der Waals surface area contributed by atoms with E-state index in [4.69, 9.17) is 23.2 Å². The predicted octanol–water partition coefficient (Wildman–Crippen LogP) is 5.52. The van der Waals surface area contributed by atoms with Crippen molar-refractivity contribution in [3.63, 3.8) is 0 Å². The first kappa shape index (κ1) is 15.9. The minimum absolute atomic E-state index is 0.130. The molecule has 0 heterocycles. The number of anilines is 1. The van der Waals surface area contributed by atoms with Gasteiger partial charge in [-0.3, -0.25) is 0 Å². The second-order valence-corrected chi connectivity index (χ2v) is 5.27. The summed E-state index contributed by atoms with van der Waals surface area (Å²) in [5.74, 6) is 0.130. The summed E-state index contributed by atoms with van der Waals surface area (Å²) in [7, 11) is 0. The van der Waals surface area contributed by atoms with Gasteiger partial charge in [-0.2, -0.15) is 8.78 Å². The Kier molecular flexibility index (Phi) is 5.26. The summed E-state index contributed by atoms with van der Waals surface area (Å²) in [5, 5.41) is 4.36. The fourth-order valence-corrected chi connectivity index (χ4v) is 2.22. The number of rotatable bonds is 5. The Balaban J connectivity index is 2.01. The topological polar surface area (TPSA) is 21.3 Å². The molecule has 112 valence electrons. The zero-order valence-corrected chi connectivity index (χ0v) is 12.7. The summed E-state index contributed by atoms with van der Waals surface area (Å²) in [5.41, 5.74) is 2.53. The van der Waals surface area contributed by atoms with Gasteiger partial charge < -0.3 is 10.1 Å². The molecule has 21 heavy (non-hydrogen) atoms. The van der Waals surface area contributed by atoms with Gasteiger partial charge in [-0.1, -0.05) is 35.3 Å². The molecule has 0 bridgehead atoms. The van der Waals surface area contributed by atoms with E-state index in [2.05, 4.69) is 10.1 Å². The first-order valence-corrected chi connectivity index (χ1v) is 6.94. The number of ether oxygens (including phenoxy) is 1. The summed E-state index contributed by atoms with van der Waals surface area (Å²) in [6, 6.07) is 9.93. The largest absolute Gasteiger partial charge is 0.435 e. The quantitative estimate of drug-likeness (QED) is 0.779. The van der Waals surface area contributed by atoms with Crippen LogP contribution in [0.1, 0.15) is 11.1 Å². The zero-order valence-electron chi connectivity index (χ0n) is 11.2. The third kappa shape index (κ3) is 4.48. The number of benzene rings is 2. The third-order valence-electron chi connectivity index (χ3n) is 2.88. The van der Waals surface area contributed by atoms with Crippen LogP contribution in [0.5, 0.6) is 5.75 Å². The molecule has 6 heteroatoms. The molecule has 0 radical (unpaired) electrons. The maximum absolute atomic E-state index is 12.0. The number of nitrogens with one attached hydrogen (secondary N) is 1. The van der Waals surface area contributed by atoms with Crippen LogP contribution in [0.4, 0.5) is 14.5 Å². The van der Waals surface area contributed by atoms with Crippen LogP contribution in [0.2, 0.25) is 10.0 Å². The molecule has 0 aliphatic carbocycles. The standard InChI is InChI=1S/C15H13Cl2F2NO/c1-9-6-13(17)14(7-12(9)16)20-8-10-2-4-11(5-3-10)21-15(18)19/h2-7,15,20H,8H2,1H3. The first-order valence-electron chi connectivity index (χ1n) is 6.19. The minimum atomic E-state index is -2.82. The van der Waals surface area contributed by atoms with Gasteiger partial charge in [0.05, 0.1) is 10.7 Å². The van der Waals surface area contributed by atoms with Gasteiger partial charge in [-0.25, -0.2) is 0 Å². The van der Waals surface area contributed by atoms with Gasteiger partial charge in [0.25, 0.3) is 0 Å². The predicted molar refractivity (Wildman–Crippen MR) is 81.6 cm³/mol. The molecule has 0 fully saturated rings. The summed E-state index contributed by atoms with van der Waals surface area (Å²) >= 11 is 12.2. The SMILES string of the molecule is Cc1cc(Cl)c(NCc2ccc(OC(F)F)cc2)cc1Cl. The lowest BCUT2D eigenvalue weighted by molar-refractivity contribution is -0.0498. The molecule has 0 aliphatic rings. The van der Waals surface area contributed by atoms with Crippen molar-refractivity contribution < 1.29 is 13.5 Å². The lowest BCUT2D eigenvalue weighted by atomic mass is 10.2. The number of hydrogen-bond donors (Lipinski definition) is 1. The number of halogens is 4. The molecular weight excluding hydrogens is 319 g/mol. The smallest absolute Gasteiger partial charge is 0.387 e. The summed E-state index contributed by atoms with van der Waals surface area (Å²) in [6.07, 6.45) is 0. The van der Waals surface area contributed by atoms with Crippen LogP contribution in [0, 0.1) is 6.92 Å². The van der Waals surface area contributed by atoms with E-state index in [0.29, 0.717) is 16.6 Å². The summed E-state index contributed by atoms with van der Waals surface area (Å²) in [4.78, 5) is 0. The fraction of sp³-hybridized carbons (Fsp3) is 0.200.